The number of rotatable bonds is 8. The normalized spacial score (nSPS) is 10.9. The highest BCUT2D eigenvalue weighted by Gasteiger charge is 2.17. The van der Waals surface area contributed by atoms with Gasteiger partial charge in [-0.15, -0.1) is 0 Å². The number of carbonyl (C=O) groups excluding carboxylic acids is 2. The Hall–Kier alpha value is -3.85. The number of para-hydroxylation sites is 2. The van der Waals surface area contributed by atoms with E-state index in [1.54, 1.807) is 24.3 Å². The van der Waals surface area contributed by atoms with Crippen molar-refractivity contribution >= 4 is 33.2 Å². The van der Waals surface area contributed by atoms with Gasteiger partial charge in [-0.25, -0.2) is 8.42 Å². The Morgan fingerprint density at radius 1 is 0.912 bits per heavy atom. The third-order valence-corrected chi connectivity index (χ3v) is 6.51. The molecule has 0 aromatic heterocycles. The lowest BCUT2D eigenvalue weighted by molar-refractivity contribution is -0.115. The molecule has 0 spiro atoms. The second-order valence-electron chi connectivity index (χ2n) is 7.83. The van der Waals surface area contributed by atoms with Crippen molar-refractivity contribution in [2.24, 2.45) is 0 Å². The van der Waals surface area contributed by atoms with Crippen LogP contribution in [0.1, 0.15) is 27.0 Å². The average molecular weight is 482 g/mol. The summed E-state index contributed by atoms with van der Waals surface area (Å²) in [5.41, 5.74) is 4.24. The Morgan fingerprint density at radius 2 is 1.53 bits per heavy atom. The minimum absolute atomic E-state index is 0.0157. The van der Waals surface area contributed by atoms with Crippen molar-refractivity contribution in [1.82, 2.24) is 5.32 Å². The van der Waals surface area contributed by atoms with Crippen LogP contribution < -0.4 is 20.1 Å². The summed E-state index contributed by atoms with van der Waals surface area (Å²) in [7, 11) is -2.44. The zero-order valence-corrected chi connectivity index (χ0v) is 20.2. The summed E-state index contributed by atoms with van der Waals surface area (Å²) in [6.07, 6.45) is 0. The lowest BCUT2D eigenvalue weighted by atomic mass is 10.1. The summed E-state index contributed by atoms with van der Waals surface area (Å²) in [6, 6.07) is 16.0. The van der Waals surface area contributed by atoms with E-state index in [0.29, 0.717) is 11.4 Å². The van der Waals surface area contributed by atoms with Gasteiger partial charge >= 0.3 is 0 Å². The average Bonchev–Trinajstić information content (AvgIpc) is 2.80. The first-order valence-corrected chi connectivity index (χ1v) is 12.0. The van der Waals surface area contributed by atoms with Gasteiger partial charge in [0.25, 0.3) is 15.9 Å². The Kier molecular flexibility index (Phi) is 7.57. The van der Waals surface area contributed by atoms with Gasteiger partial charge in [0, 0.05) is 11.3 Å². The maximum Gasteiger partial charge on any atom is 0.262 e. The molecule has 0 unspecified atom stereocenters. The van der Waals surface area contributed by atoms with Crippen LogP contribution in [-0.4, -0.2) is 33.9 Å². The molecule has 0 heterocycles. The van der Waals surface area contributed by atoms with Crippen molar-refractivity contribution in [3.05, 3.63) is 82.9 Å². The number of benzene rings is 3. The topological polar surface area (TPSA) is 114 Å². The van der Waals surface area contributed by atoms with Gasteiger partial charge in [-0.3, -0.25) is 14.3 Å². The summed E-state index contributed by atoms with van der Waals surface area (Å²) in [5, 5.41) is 5.37. The number of anilines is 2. The van der Waals surface area contributed by atoms with E-state index in [2.05, 4.69) is 15.4 Å². The third kappa shape index (κ3) is 5.93. The van der Waals surface area contributed by atoms with Gasteiger partial charge in [-0.2, -0.15) is 0 Å². The predicted octanol–water partition coefficient (Wildman–Crippen LogP) is 3.79. The molecular weight excluding hydrogens is 454 g/mol. The molecule has 3 aromatic rings. The molecule has 3 N–H and O–H groups in total. The zero-order chi connectivity index (χ0) is 24.9. The van der Waals surface area contributed by atoms with Gasteiger partial charge in [0.05, 0.1) is 24.2 Å². The van der Waals surface area contributed by atoms with Crippen LogP contribution >= 0.6 is 0 Å². The van der Waals surface area contributed by atoms with Gasteiger partial charge in [0.2, 0.25) is 5.91 Å². The third-order valence-electron chi connectivity index (χ3n) is 5.13. The molecule has 0 saturated carbocycles. The summed E-state index contributed by atoms with van der Waals surface area (Å²) >= 11 is 0. The standard InChI is InChI=1S/C25H27N3O5S/c1-16-13-17(2)24(18(3)14-16)27-23(29)15-26-25(30)19-9-11-20(12-10-19)34(31,32)28-21-7-5-6-8-22(21)33-4/h5-14,28H,15H2,1-4H3,(H,26,30)(H,27,29). The van der Waals surface area contributed by atoms with E-state index < -0.39 is 15.9 Å². The lowest BCUT2D eigenvalue weighted by Gasteiger charge is -2.13. The zero-order valence-electron chi connectivity index (χ0n) is 19.4. The second-order valence-corrected chi connectivity index (χ2v) is 9.52. The van der Waals surface area contributed by atoms with Crippen LogP contribution in [0.4, 0.5) is 11.4 Å². The molecule has 178 valence electrons. The fourth-order valence-corrected chi connectivity index (χ4v) is 4.61. The quantitative estimate of drug-likeness (QED) is 0.453. The molecule has 9 heteroatoms. The summed E-state index contributed by atoms with van der Waals surface area (Å²) < 4.78 is 33.0. The number of nitrogens with one attached hydrogen (secondary N) is 3. The molecule has 3 aromatic carbocycles. The first-order chi connectivity index (χ1) is 16.1. The fourth-order valence-electron chi connectivity index (χ4n) is 3.54. The van der Waals surface area contributed by atoms with Crippen LogP contribution in [0.3, 0.4) is 0 Å². The predicted molar refractivity (Wildman–Crippen MR) is 132 cm³/mol. The van der Waals surface area contributed by atoms with Crippen LogP contribution in [-0.2, 0) is 14.8 Å². The minimum Gasteiger partial charge on any atom is -0.495 e. The lowest BCUT2D eigenvalue weighted by Crippen LogP contribution is -2.33. The van der Waals surface area contributed by atoms with E-state index in [0.717, 1.165) is 22.4 Å². The molecule has 2 amide bonds. The Labute approximate surface area is 199 Å². The SMILES string of the molecule is COc1ccccc1NS(=O)(=O)c1ccc(C(=O)NCC(=O)Nc2c(C)cc(C)cc2C)cc1. The molecule has 0 aliphatic rings. The van der Waals surface area contributed by atoms with E-state index in [9.17, 15) is 18.0 Å². The number of methoxy groups -OCH3 is 1. The summed E-state index contributed by atoms with van der Waals surface area (Å²) in [4.78, 5) is 24.8. The number of carbonyl (C=O) groups is 2. The monoisotopic (exact) mass is 481 g/mol. The first-order valence-electron chi connectivity index (χ1n) is 10.5. The Balaban J connectivity index is 1.62. The number of hydrogen-bond acceptors (Lipinski definition) is 5. The smallest absolute Gasteiger partial charge is 0.262 e. The van der Waals surface area contributed by atoms with Crippen molar-refractivity contribution in [2.45, 2.75) is 25.7 Å². The van der Waals surface area contributed by atoms with Crippen LogP contribution in [0, 0.1) is 20.8 Å². The van der Waals surface area contributed by atoms with Gasteiger partial charge in [-0.1, -0.05) is 29.8 Å². The molecule has 3 rings (SSSR count). The molecule has 0 fully saturated rings. The van der Waals surface area contributed by atoms with Crippen molar-refractivity contribution in [3.8, 4) is 5.75 Å². The second kappa shape index (κ2) is 10.4. The molecular formula is C25H27N3O5S. The van der Waals surface area contributed by atoms with Crippen molar-refractivity contribution in [2.75, 3.05) is 23.7 Å². The maximum absolute atomic E-state index is 12.7. The molecule has 0 bridgehead atoms. The van der Waals surface area contributed by atoms with Gasteiger partial charge in [-0.05, 0) is 68.3 Å². The van der Waals surface area contributed by atoms with E-state index >= 15 is 0 Å². The molecule has 0 saturated heterocycles. The van der Waals surface area contributed by atoms with Gasteiger partial charge < -0.3 is 15.4 Å². The summed E-state index contributed by atoms with van der Waals surface area (Å²) in [6.45, 7) is 5.58. The maximum atomic E-state index is 12.7. The van der Waals surface area contributed by atoms with Crippen LogP contribution in [0.25, 0.3) is 0 Å². The van der Waals surface area contributed by atoms with Gasteiger partial charge in [0.15, 0.2) is 0 Å². The van der Waals surface area contributed by atoms with Crippen molar-refractivity contribution in [1.29, 1.82) is 0 Å². The van der Waals surface area contributed by atoms with Crippen LogP contribution in [0.5, 0.6) is 5.75 Å². The molecule has 0 atom stereocenters. The molecule has 0 aliphatic heterocycles. The van der Waals surface area contributed by atoms with E-state index in [1.165, 1.54) is 31.4 Å². The highest BCUT2D eigenvalue weighted by atomic mass is 32.2. The van der Waals surface area contributed by atoms with Crippen molar-refractivity contribution < 1.29 is 22.7 Å². The summed E-state index contributed by atoms with van der Waals surface area (Å²) in [5.74, 6) is -0.464. The number of ether oxygens (including phenoxy) is 1. The van der Waals surface area contributed by atoms with E-state index in [4.69, 9.17) is 4.74 Å². The molecule has 34 heavy (non-hydrogen) atoms. The Bertz CT molecular complexity index is 1300. The molecule has 8 nitrogen and oxygen atoms in total. The van der Waals surface area contributed by atoms with Gasteiger partial charge in [0.1, 0.15) is 5.75 Å². The Morgan fingerprint density at radius 3 is 2.15 bits per heavy atom. The van der Waals surface area contributed by atoms with Crippen LogP contribution in [0.2, 0.25) is 0 Å². The molecule has 0 radical (unpaired) electrons. The highest BCUT2D eigenvalue weighted by Crippen LogP contribution is 2.26. The van der Waals surface area contributed by atoms with E-state index in [-0.39, 0.29) is 22.9 Å². The largest absolute Gasteiger partial charge is 0.495 e. The first kappa shape index (κ1) is 24.8. The number of sulfonamides is 1. The highest BCUT2D eigenvalue weighted by molar-refractivity contribution is 7.92. The molecule has 0 aliphatic carbocycles. The van der Waals surface area contributed by atoms with E-state index in [1.807, 2.05) is 32.9 Å². The fraction of sp³-hybridized carbons (Fsp3) is 0.200. The number of amides is 2. The van der Waals surface area contributed by atoms with Crippen LogP contribution in [0.15, 0.2) is 65.6 Å². The van der Waals surface area contributed by atoms with Crippen molar-refractivity contribution in [3.63, 3.8) is 0 Å². The number of aryl methyl sites for hydroxylation is 3. The minimum atomic E-state index is -3.89. The number of hydrogen-bond donors (Lipinski definition) is 3.